The number of ether oxygens (including phenoxy) is 2. The third-order valence-electron chi connectivity index (χ3n) is 10.6. The molecule has 3 atom stereocenters. The minimum Gasteiger partial charge on any atom is -0.392 e. The highest BCUT2D eigenvalue weighted by atomic mass is 16.7. The summed E-state index contributed by atoms with van der Waals surface area (Å²) in [7, 11) is 0. The van der Waals surface area contributed by atoms with Crippen molar-refractivity contribution in [1.82, 2.24) is 15.5 Å². The molecule has 2 saturated heterocycles. The van der Waals surface area contributed by atoms with Gasteiger partial charge in [0.2, 0.25) is 0 Å². The van der Waals surface area contributed by atoms with Crippen LogP contribution < -0.4 is 10.6 Å². The first-order chi connectivity index (χ1) is 20.5. The summed E-state index contributed by atoms with van der Waals surface area (Å²) in [6.45, 7) is 3.74. The van der Waals surface area contributed by atoms with Crippen LogP contribution in [-0.4, -0.2) is 47.3 Å². The van der Waals surface area contributed by atoms with Crippen molar-refractivity contribution in [2.75, 3.05) is 19.6 Å². The smallest absolute Gasteiger partial charge is 0.315 e. The highest BCUT2D eigenvalue weighted by molar-refractivity contribution is 5.75. The number of amides is 2. The van der Waals surface area contributed by atoms with Gasteiger partial charge in [-0.1, -0.05) is 55.0 Å². The van der Waals surface area contributed by atoms with Crippen molar-refractivity contribution in [2.24, 2.45) is 17.8 Å². The lowest BCUT2D eigenvalue weighted by Gasteiger charge is -2.56. The van der Waals surface area contributed by atoms with Crippen LogP contribution in [0.5, 0.6) is 0 Å². The van der Waals surface area contributed by atoms with Gasteiger partial charge in [-0.3, -0.25) is 0 Å². The molecule has 42 heavy (non-hydrogen) atoms. The van der Waals surface area contributed by atoms with Crippen LogP contribution in [0.3, 0.4) is 0 Å². The second-order valence-electron chi connectivity index (χ2n) is 14.0. The molecule has 3 N–H and O–H groups in total. The lowest BCUT2D eigenvalue weighted by Crippen LogP contribution is -2.61. The van der Waals surface area contributed by atoms with E-state index in [-0.39, 0.29) is 30.4 Å². The molecule has 4 aliphatic carbocycles. The Balaban J connectivity index is 0.979. The third kappa shape index (κ3) is 6.40. The maximum Gasteiger partial charge on any atom is 0.315 e. The number of piperidine rings is 1. The number of benzene rings is 2. The van der Waals surface area contributed by atoms with E-state index in [2.05, 4.69) is 51.9 Å². The average Bonchev–Trinajstić information content (AvgIpc) is 3.00. The molecule has 226 valence electrons. The van der Waals surface area contributed by atoms with Crippen molar-refractivity contribution in [3.8, 4) is 0 Å². The molecule has 7 nitrogen and oxygen atoms in total. The molecule has 0 unspecified atom stereocenters. The Morgan fingerprint density at radius 3 is 2.07 bits per heavy atom. The van der Waals surface area contributed by atoms with Crippen molar-refractivity contribution in [3.05, 3.63) is 70.8 Å². The van der Waals surface area contributed by atoms with Crippen molar-refractivity contribution in [2.45, 2.75) is 101 Å². The SMILES string of the molecule is O=C(NCc1ccc([C@H]2O[C@@H](CN3CCCCC3)C[C@@H](c3ccc(CO)cc3)O2)cc1)NC12CC3CC(CC(C3)C1)C2. The van der Waals surface area contributed by atoms with Crippen LogP contribution in [0.15, 0.2) is 48.5 Å². The van der Waals surface area contributed by atoms with E-state index < -0.39 is 6.29 Å². The van der Waals surface area contributed by atoms with Crippen molar-refractivity contribution < 1.29 is 19.4 Å². The predicted octanol–water partition coefficient (Wildman–Crippen LogP) is 5.98. The number of hydrogen-bond acceptors (Lipinski definition) is 5. The molecule has 0 aromatic heterocycles. The highest BCUT2D eigenvalue weighted by Gasteiger charge is 2.51. The largest absolute Gasteiger partial charge is 0.392 e. The summed E-state index contributed by atoms with van der Waals surface area (Å²) >= 11 is 0. The topological polar surface area (TPSA) is 83.1 Å². The number of hydrogen-bond donors (Lipinski definition) is 3. The van der Waals surface area contributed by atoms with E-state index in [9.17, 15) is 9.90 Å². The number of carbonyl (C=O) groups excluding carboxylic acids is 1. The molecule has 2 aromatic carbocycles. The molecule has 6 aliphatic rings. The molecule has 0 spiro atoms. The zero-order valence-electron chi connectivity index (χ0n) is 24.8. The van der Waals surface area contributed by atoms with E-state index >= 15 is 0 Å². The molecule has 7 heteroatoms. The maximum absolute atomic E-state index is 12.9. The summed E-state index contributed by atoms with van der Waals surface area (Å²) in [4.78, 5) is 15.5. The third-order valence-corrected chi connectivity index (χ3v) is 10.6. The van der Waals surface area contributed by atoms with Gasteiger partial charge in [0.25, 0.3) is 0 Å². The van der Waals surface area contributed by atoms with Gasteiger partial charge in [0.15, 0.2) is 6.29 Å². The van der Waals surface area contributed by atoms with Gasteiger partial charge in [-0.25, -0.2) is 4.79 Å². The molecule has 8 rings (SSSR count). The summed E-state index contributed by atoms with van der Waals surface area (Å²) in [6, 6.07) is 16.4. The number of rotatable bonds is 8. The van der Waals surface area contributed by atoms with E-state index in [1.165, 1.54) is 38.5 Å². The second kappa shape index (κ2) is 12.3. The molecule has 0 radical (unpaired) electrons. The lowest BCUT2D eigenvalue weighted by molar-refractivity contribution is -0.253. The molecule has 2 amide bonds. The van der Waals surface area contributed by atoms with E-state index in [4.69, 9.17) is 9.47 Å². The van der Waals surface area contributed by atoms with E-state index in [0.717, 1.165) is 85.3 Å². The van der Waals surface area contributed by atoms with Gasteiger partial charge < -0.3 is 30.1 Å². The predicted molar refractivity (Wildman–Crippen MR) is 161 cm³/mol. The zero-order valence-corrected chi connectivity index (χ0v) is 24.8. The van der Waals surface area contributed by atoms with Crippen LogP contribution in [0.2, 0.25) is 0 Å². The van der Waals surface area contributed by atoms with Crippen molar-refractivity contribution in [3.63, 3.8) is 0 Å². The van der Waals surface area contributed by atoms with Crippen LogP contribution >= 0.6 is 0 Å². The standard InChI is InChI=1S/C35H47N3O4/c39-23-25-6-8-29(9-7-25)32-17-31(22-38-12-2-1-3-13-38)41-33(42-32)30-10-4-24(5-11-30)21-36-34(40)37-35-18-26-14-27(19-35)16-28(15-26)20-35/h4-11,26-28,31-33,39H,1-3,12-23H2,(H2,36,37,40)/t26?,27?,28?,31-,32+,33+,35?/m1/s1. The lowest BCUT2D eigenvalue weighted by atomic mass is 9.53. The second-order valence-corrected chi connectivity index (χ2v) is 14.0. The Bertz CT molecular complexity index is 1170. The van der Waals surface area contributed by atoms with Crippen LogP contribution in [0.4, 0.5) is 4.79 Å². The first-order valence-corrected chi connectivity index (χ1v) is 16.4. The average molecular weight is 574 g/mol. The van der Waals surface area contributed by atoms with Gasteiger partial charge in [0.1, 0.15) is 0 Å². The quantitative estimate of drug-likeness (QED) is 0.362. The summed E-state index contributed by atoms with van der Waals surface area (Å²) in [6.07, 6.45) is 11.8. The van der Waals surface area contributed by atoms with Gasteiger partial charge in [0.05, 0.1) is 18.8 Å². The van der Waals surface area contributed by atoms with E-state index in [1.807, 2.05) is 12.1 Å². The van der Waals surface area contributed by atoms with E-state index in [0.29, 0.717) is 6.54 Å². The molecule has 4 saturated carbocycles. The van der Waals surface area contributed by atoms with Crippen LogP contribution in [0.25, 0.3) is 0 Å². The molecule has 2 heterocycles. The number of nitrogens with zero attached hydrogens (tertiary/aromatic N) is 1. The number of aliphatic hydroxyl groups excluding tert-OH is 1. The Morgan fingerprint density at radius 2 is 1.43 bits per heavy atom. The fourth-order valence-electron chi connectivity index (χ4n) is 8.99. The van der Waals surface area contributed by atoms with Crippen LogP contribution in [-0.2, 0) is 22.6 Å². The van der Waals surface area contributed by atoms with Gasteiger partial charge in [0, 0.05) is 30.6 Å². The molecule has 2 aromatic rings. The van der Waals surface area contributed by atoms with E-state index in [1.54, 1.807) is 0 Å². The summed E-state index contributed by atoms with van der Waals surface area (Å²) in [5.74, 6) is 2.44. The number of urea groups is 1. The highest BCUT2D eigenvalue weighted by Crippen LogP contribution is 2.55. The normalized spacial score (nSPS) is 34.3. The Hall–Kier alpha value is -2.45. The summed E-state index contributed by atoms with van der Waals surface area (Å²) in [5, 5.41) is 16.0. The Labute approximate surface area is 250 Å². The van der Waals surface area contributed by atoms with Gasteiger partial charge >= 0.3 is 6.03 Å². The van der Waals surface area contributed by atoms with Crippen molar-refractivity contribution in [1.29, 1.82) is 0 Å². The first kappa shape index (κ1) is 28.3. The Morgan fingerprint density at radius 1 is 0.810 bits per heavy atom. The molecule has 6 fully saturated rings. The molecule has 4 bridgehead atoms. The fraction of sp³-hybridized carbons (Fsp3) is 0.629. The van der Waals surface area contributed by atoms with Gasteiger partial charge in [-0.05, 0) is 98.9 Å². The maximum atomic E-state index is 12.9. The zero-order chi connectivity index (χ0) is 28.5. The Kier molecular flexibility index (Phi) is 8.28. The molecular formula is C35H47N3O4. The number of carbonyl (C=O) groups is 1. The molecule has 2 aliphatic heterocycles. The van der Waals surface area contributed by atoms with Gasteiger partial charge in [-0.15, -0.1) is 0 Å². The van der Waals surface area contributed by atoms with Gasteiger partial charge in [-0.2, -0.15) is 0 Å². The monoisotopic (exact) mass is 573 g/mol. The van der Waals surface area contributed by atoms with Crippen molar-refractivity contribution >= 4 is 6.03 Å². The fourth-order valence-corrected chi connectivity index (χ4v) is 8.99. The molecular weight excluding hydrogens is 526 g/mol. The minimum atomic E-state index is -0.447. The number of nitrogens with one attached hydrogen (secondary N) is 2. The first-order valence-electron chi connectivity index (χ1n) is 16.4. The van der Waals surface area contributed by atoms with Crippen LogP contribution in [0.1, 0.15) is 98.9 Å². The minimum absolute atomic E-state index is 0.0258. The summed E-state index contributed by atoms with van der Waals surface area (Å²) in [5.41, 5.74) is 4.12. The number of aliphatic hydroxyl groups is 1. The number of likely N-dealkylation sites (tertiary alicyclic amines) is 1. The summed E-state index contributed by atoms with van der Waals surface area (Å²) < 4.78 is 13.1. The van der Waals surface area contributed by atoms with Crippen LogP contribution in [0, 0.1) is 17.8 Å².